The van der Waals surface area contributed by atoms with Crippen LogP contribution in [0.5, 0.6) is 0 Å². The first-order valence-corrected chi connectivity index (χ1v) is 14.1. The Hall–Kier alpha value is -3.24. The molecule has 1 saturated heterocycles. The van der Waals surface area contributed by atoms with Crippen LogP contribution in [0.2, 0.25) is 0 Å². The van der Waals surface area contributed by atoms with Gasteiger partial charge in [-0.3, -0.25) is 9.59 Å². The predicted molar refractivity (Wildman–Crippen MR) is 148 cm³/mol. The smallest absolute Gasteiger partial charge is 0.303 e. The quantitative estimate of drug-likeness (QED) is 0.197. The summed E-state index contributed by atoms with van der Waals surface area (Å²) in [4.78, 5) is 27.1. The fraction of sp³-hybridized carbons (Fsp3) is 0.367. The van der Waals surface area contributed by atoms with Crippen molar-refractivity contribution in [1.82, 2.24) is 10.3 Å². The lowest BCUT2D eigenvalue weighted by Gasteiger charge is -2.36. The molecule has 3 aromatic rings. The number of carboxylic acids is 1. The minimum atomic E-state index is -0.842. The summed E-state index contributed by atoms with van der Waals surface area (Å²) in [7, 11) is 0. The average molecular weight is 551 g/mol. The molecule has 1 aromatic heterocycles. The standard InChI is InChI=1S/C30H34N2O6S/c33-19-22-10-12-23(13-11-22)26-17-25(20-39-28-6-3-4-16-31-28)37-30(38-26)24-14-8-21(9-15-24)18-32-27(34)5-1-2-7-29(35)36/h3-4,6,8-16,25-26,30,33H,1-2,5,7,17-20H2,(H,32,34)(H,35,36). The van der Waals surface area contributed by atoms with Crippen molar-refractivity contribution in [2.75, 3.05) is 5.75 Å². The fourth-order valence-electron chi connectivity index (χ4n) is 4.28. The average Bonchev–Trinajstić information content (AvgIpc) is 2.98. The maximum Gasteiger partial charge on any atom is 0.303 e. The second kappa shape index (κ2) is 14.8. The highest BCUT2D eigenvalue weighted by molar-refractivity contribution is 7.99. The monoisotopic (exact) mass is 550 g/mol. The lowest BCUT2D eigenvalue weighted by Crippen LogP contribution is -2.31. The number of nitrogens with zero attached hydrogens (tertiary/aromatic N) is 1. The molecule has 206 valence electrons. The maximum atomic E-state index is 12.1. The number of hydrogen-bond donors (Lipinski definition) is 3. The first kappa shape index (κ1) is 28.8. The minimum absolute atomic E-state index is 0.00158. The van der Waals surface area contributed by atoms with E-state index in [0.29, 0.717) is 32.2 Å². The van der Waals surface area contributed by atoms with Crippen LogP contribution < -0.4 is 5.32 Å². The zero-order valence-corrected chi connectivity index (χ0v) is 22.5. The van der Waals surface area contributed by atoms with Gasteiger partial charge in [0.2, 0.25) is 5.91 Å². The first-order valence-electron chi connectivity index (χ1n) is 13.1. The molecule has 1 aliphatic rings. The van der Waals surface area contributed by atoms with Crippen LogP contribution in [0.3, 0.4) is 0 Å². The van der Waals surface area contributed by atoms with Gasteiger partial charge in [0.15, 0.2) is 6.29 Å². The molecule has 1 amide bonds. The number of benzene rings is 2. The number of ether oxygens (including phenoxy) is 2. The number of carboxylic acid groups (broad SMARTS) is 1. The van der Waals surface area contributed by atoms with Crippen molar-refractivity contribution >= 4 is 23.6 Å². The van der Waals surface area contributed by atoms with Crippen LogP contribution >= 0.6 is 11.8 Å². The van der Waals surface area contributed by atoms with Crippen LogP contribution in [0.25, 0.3) is 0 Å². The zero-order chi connectivity index (χ0) is 27.5. The molecule has 0 bridgehead atoms. The van der Waals surface area contributed by atoms with E-state index in [2.05, 4.69) is 10.3 Å². The molecule has 0 spiro atoms. The van der Waals surface area contributed by atoms with E-state index in [0.717, 1.165) is 33.0 Å². The van der Waals surface area contributed by atoms with Gasteiger partial charge in [-0.25, -0.2) is 4.98 Å². The SMILES string of the molecule is O=C(O)CCCCC(=O)NCc1ccc(C2OC(CSc3ccccn3)CC(c3ccc(CO)cc3)O2)cc1. The number of aliphatic hydroxyl groups excluding tert-OH is 1. The number of amides is 1. The number of pyridine rings is 1. The Labute approximate surface area is 232 Å². The third-order valence-electron chi connectivity index (χ3n) is 6.46. The first-order chi connectivity index (χ1) is 19.0. The van der Waals surface area contributed by atoms with Gasteiger partial charge in [-0.15, -0.1) is 11.8 Å². The van der Waals surface area contributed by atoms with Gasteiger partial charge >= 0.3 is 5.97 Å². The van der Waals surface area contributed by atoms with E-state index in [1.165, 1.54) is 0 Å². The number of carbonyl (C=O) groups excluding carboxylic acids is 1. The number of nitrogens with one attached hydrogen (secondary N) is 1. The maximum absolute atomic E-state index is 12.1. The third kappa shape index (κ3) is 9.18. The highest BCUT2D eigenvalue weighted by Crippen LogP contribution is 2.39. The number of hydrogen-bond acceptors (Lipinski definition) is 7. The number of rotatable bonds is 13. The zero-order valence-electron chi connectivity index (χ0n) is 21.7. The highest BCUT2D eigenvalue weighted by atomic mass is 32.2. The van der Waals surface area contributed by atoms with Gasteiger partial charge in [0.1, 0.15) is 0 Å². The van der Waals surface area contributed by atoms with Gasteiger partial charge in [0.25, 0.3) is 0 Å². The predicted octanol–water partition coefficient (Wildman–Crippen LogP) is 5.17. The molecular formula is C30H34N2O6S. The summed E-state index contributed by atoms with van der Waals surface area (Å²) in [5, 5.41) is 21.9. The normalized spacial score (nSPS) is 18.9. The van der Waals surface area contributed by atoms with E-state index in [9.17, 15) is 14.7 Å². The van der Waals surface area contributed by atoms with E-state index in [4.69, 9.17) is 14.6 Å². The van der Waals surface area contributed by atoms with Crippen molar-refractivity contribution in [2.45, 2.75) is 68.8 Å². The van der Waals surface area contributed by atoms with Crippen LogP contribution in [0, 0.1) is 0 Å². The molecule has 0 radical (unpaired) electrons. The lowest BCUT2D eigenvalue weighted by molar-refractivity contribution is -0.245. The number of aliphatic hydroxyl groups is 1. The van der Waals surface area contributed by atoms with E-state index in [1.807, 2.05) is 66.7 Å². The Balaban J connectivity index is 1.37. The van der Waals surface area contributed by atoms with Gasteiger partial charge in [-0.05, 0) is 41.7 Å². The van der Waals surface area contributed by atoms with Crippen molar-refractivity contribution < 1.29 is 29.3 Å². The van der Waals surface area contributed by atoms with Crippen molar-refractivity contribution in [3.8, 4) is 0 Å². The van der Waals surface area contributed by atoms with Crippen molar-refractivity contribution in [1.29, 1.82) is 0 Å². The largest absolute Gasteiger partial charge is 0.481 e. The molecule has 39 heavy (non-hydrogen) atoms. The molecule has 9 heteroatoms. The molecule has 2 aromatic carbocycles. The number of thioether (sulfide) groups is 1. The second-order valence-corrected chi connectivity index (χ2v) is 10.5. The van der Waals surface area contributed by atoms with Gasteiger partial charge in [-0.1, -0.05) is 54.6 Å². The van der Waals surface area contributed by atoms with E-state index in [-0.39, 0.29) is 31.1 Å². The van der Waals surface area contributed by atoms with E-state index >= 15 is 0 Å². The van der Waals surface area contributed by atoms with Gasteiger partial charge < -0.3 is 25.0 Å². The van der Waals surface area contributed by atoms with E-state index < -0.39 is 12.3 Å². The van der Waals surface area contributed by atoms with Crippen LogP contribution in [-0.2, 0) is 32.2 Å². The molecule has 3 unspecified atom stereocenters. The summed E-state index contributed by atoms with van der Waals surface area (Å²) >= 11 is 1.65. The Kier molecular flexibility index (Phi) is 10.9. The molecule has 3 N–H and O–H groups in total. The van der Waals surface area contributed by atoms with Crippen molar-refractivity contribution in [3.63, 3.8) is 0 Å². The summed E-state index contributed by atoms with van der Waals surface area (Å²) in [6.07, 6.45) is 3.16. The number of aromatic nitrogens is 1. The summed E-state index contributed by atoms with van der Waals surface area (Å²) in [6, 6.07) is 21.5. The van der Waals surface area contributed by atoms with Crippen LogP contribution in [0.4, 0.5) is 0 Å². The molecule has 0 aliphatic carbocycles. The summed E-state index contributed by atoms with van der Waals surface area (Å²) in [6.45, 7) is 0.395. The minimum Gasteiger partial charge on any atom is -0.481 e. The van der Waals surface area contributed by atoms with Crippen LogP contribution in [-0.4, -0.2) is 38.9 Å². The summed E-state index contributed by atoms with van der Waals surface area (Å²) in [5.41, 5.74) is 3.73. The van der Waals surface area contributed by atoms with Gasteiger partial charge in [-0.2, -0.15) is 0 Å². The molecule has 1 fully saturated rings. The van der Waals surface area contributed by atoms with Gasteiger partial charge in [0.05, 0.1) is 23.8 Å². The molecular weight excluding hydrogens is 516 g/mol. The highest BCUT2D eigenvalue weighted by Gasteiger charge is 2.32. The number of aliphatic carboxylic acids is 1. The third-order valence-corrected chi connectivity index (χ3v) is 7.53. The second-order valence-electron chi connectivity index (χ2n) is 9.45. The molecule has 2 heterocycles. The van der Waals surface area contributed by atoms with E-state index in [1.54, 1.807) is 18.0 Å². The molecule has 0 saturated carbocycles. The van der Waals surface area contributed by atoms with Crippen LogP contribution in [0.15, 0.2) is 78.0 Å². The number of unbranched alkanes of at least 4 members (excludes halogenated alkanes) is 1. The molecule has 3 atom stereocenters. The Morgan fingerprint density at radius 3 is 2.33 bits per heavy atom. The Morgan fingerprint density at radius 1 is 0.923 bits per heavy atom. The molecule has 4 rings (SSSR count). The Bertz CT molecular complexity index is 1190. The number of carbonyl (C=O) groups is 2. The fourth-order valence-corrected chi connectivity index (χ4v) is 5.16. The van der Waals surface area contributed by atoms with Crippen molar-refractivity contribution in [3.05, 3.63) is 95.2 Å². The van der Waals surface area contributed by atoms with Gasteiger partial charge in [0, 0.05) is 43.3 Å². The lowest BCUT2D eigenvalue weighted by atomic mass is 10.0. The molecule has 1 aliphatic heterocycles. The van der Waals surface area contributed by atoms with Crippen LogP contribution in [0.1, 0.15) is 66.8 Å². The summed E-state index contributed by atoms with van der Waals surface area (Å²) < 4.78 is 12.8. The summed E-state index contributed by atoms with van der Waals surface area (Å²) in [5.74, 6) is -0.198. The Morgan fingerprint density at radius 2 is 1.64 bits per heavy atom. The topological polar surface area (TPSA) is 118 Å². The van der Waals surface area contributed by atoms with Crippen molar-refractivity contribution in [2.24, 2.45) is 0 Å². The molecule has 8 nitrogen and oxygen atoms in total.